The fraction of sp³-hybridized carbons (Fsp3) is 0.585. The second kappa shape index (κ2) is 29.4. The van der Waals surface area contributed by atoms with Gasteiger partial charge in [-0.15, -0.1) is 9.24 Å². The van der Waals surface area contributed by atoms with Gasteiger partial charge in [0.1, 0.15) is 35.5 Å². The number of aldehydes is 1. The van der Waals surface area contributed by atoms with Crippen molar-refractivity contribution in [1.29, 1.82) is 0 Å². The molecule has 3 amide bonds. The van der Waals surface area contributed by atoms with Crippen LogP contribution in [0.3, 0.4) is 0 Å². The second-order valence-electron chi connectivity index (χ2n) is 24.1. The lowest BCUT2D eigenvalue weighted by molar-refractivity contribution is -0.134. The van der Waals surface area contributed by atoms with Crippen molar-refractivity contribution in [3.8, 4) is 17.0 Å². The summed E-state index contributed by atoms with van der Waals surface area (Å²) in [5.41, 5.74) is 5.58. The first-order chi connectivity index (χ1) is 40.0. The van der Waals surface area contributed by atoms with Crippen LogP contribution in [0.15, 0.2) is 48.7 Å². The molecule has 1 aliphatic carbocycles. The summed E-state index contributed by atoms with van der Waals surface area (Å²) in [5, 5.41) is 26.1. The molecule has 8 atom stereocenters. The highest BCUT2D eigenvalue weighted by atomic mass is 31.0. The first kappa shape index (κ1) is 63.3. The van der Waals surface area contributed by atoms with Crippen LogP contribution in [-0.4, -0.2) is 151 Å². The predicted octanol–water partition coefficient (Wildman–Crippen LogP) is 9.51. The number of ether oxygens (including phenoxy) is 1. The van der Waals surface area contributed by atoms with E-state index in [4.69, 9.17) is 24.5 Å². The number of rotatable bonds is 13. The topological polar surface area (TPSA) is 185 Å². The van der Waals surface area contributed by atoms with Gasteiger partial charge in [0.15, 0.2) is 0 Å². The van der Waals surface area contributed by atoms with Crippen molar-refractivity contribution in [2.24, 2.45) is 17.8 Å². The summed E-state index contributed by atoms with van der Waals surface area (Å²) in [5.74, 6) is 3.71. The minimum atomic E-state index is -0.663. The number of pyridine rings is 1. The molecular formula is C65H91FN9O7P. The number of aryl methyl sites for hydroxylation is 2. The van der Waals surface area contributed by atoms with Crippen molar-refractivity contribution in [2.45, 2.75) is 161 Å². The molecule has 3 N–H and O–H groups in total. The number of β-amino-alcohol motifs (C(OH)–C–C–N with tert-alkyl or cyclic N) is 1. The van der Waals surface area contributed by atoms with Crippen LogP contribution in [0.4, 0.5) is 21.6 Å². The fourth-order valence-electron chi connectivity index (χ4n) is 13.8. The summed E-state index contributed by atoms with van der Waals surface area (Å²) in [7, 11) is 8.48. The molecule has 8 unspecified atom stereocenters. The maximum atomic E-state index is 14.7. The number of imide groups is 1. The Kier molecular flexibility index (Phi) is 22.4. The number of carbonyl (C=O) groups excluding carboxylic acids is 4. The Bertz CT molecular complexity index is 3050. The summed E-state index contributed by atoms with van der Waals surface area (Å²) in [4.78, 5) is 70.2. The Balaban J connectivity index is 0.000000176. The van der Waals surface area contributed by atoms with Gasteiger partial charge in [-0.25, -0.2) is 14.4 Å². The van der Waals surface area contributed by atoms with Gasteiger partial charge in [0.2, 0.25) is 18.2 Å². The first-order valence-corrected chi connectivity index (χ1v) is 31.2. The van der Waals surface area contributed by atoms with E-state index in [9.17, 15) is 29.0 Å². The van der Waals surface area contributed by atoms with E-state index in [-0.39, 0.29) is 30.0 Å². The van der Waals surface area contributed by atoms with Crippen LogP contribution >= 0.6 is 9.24 Å². The van der Waals surface area contributed by atoms with Gasteiger partial charge in [-0.2, -0.15) is 0 Å². The van der Waals surface area contributed by atoms with Crippen LogP contribution in [0.5, 0.6) is 5.75 Å². The van der Waals surface area contributed by atoms with Crippen molar-refractivity contribution in [2.75, 3.05) is 81.8 Å². The summed E-state index contributed by atoms with van der Waals surface area (Å²) in [6.45, 7) is 17.3. The summed E-state index contributed by atoms with van der Waals surface area (Å²) < 4.78 is 19.9. The number of carbonyl (C=O) groups is 4. The van der Waals surface area contributed by atoms with Crippen molar-refractivity contribution in [1.82, 2.24) is 30.1 Å². The number of hydrogen-bond acceptors (Lipinski definition) is 14. The van der Waals surface area contributed by atoms with E-state index < -0.39 is 11.9 Å². The number of aromatic nitrogens is 3. The number of anilines is 3. The van der Waals surface area contributed by atoms with Crippen LogP contribution < -0.4 is 25.3 Å². The predicted molar refractivity (Wildman–Crippen MR) is 333 cm³/mol. The monoisotopic (exact) mass is 1160 g/mol. The van der Waals surface area contributed by atoms with Crippen LogP contribution in [0.2, 0.25) is 0 Å². The molecule has 5 aliphatic heterocycles. The lowest BCUT2D eigenvalue weighted by atomic mass is 9.75. The standard InChI is InChI=1S/C28H42N4O3.C26H28FN4O2P.C9H17NO.C2H4O/c1-19-5-6-21(15-20(19)2)17-31-13-11-22(12-14-31)23-7-8-24(26(16-23)30(3)4)32(18-33)25-9-10-27(34)29-28(25)35;1-3-17-20(27)8-7-14-10-16(33)11-18(22(14)17)23-25(34)24-19(12-28-23)26(30-21(4-2)29-24)31-9-5-6-15(32)13-31;1-11-7-9-5-4-8-3-2-6-10(8)9;1-2-3/h7-8,16,18-22,25H,5-6,9-15,17H2,1-4H3,(H,29,34,35);7-8,10-12,15,32-33H,3-6,9,13,34H2,1-2H3;8-9H,2-7H2,1H3;2H,1H3. The van der Waals surface area contributed by atoms with Gasteiger partial charge in [0.25, 0.3) is 0 Å². The average Bonchev–Trinajstić information content (AvgIpc) is 3.83. The highest BCUT2D eigenvalue weighted by Gasteiger charge is 2.37. The van der Waals surface area contributed by atoms with Gasteiger partial charge in [0.05, 0.1) is 40.7 Å². The van der Waals surface area contributed by atoms with Crippen LogP contribution in [0.1, 0.15) is 141 Å². The molecule has 11 rings (SSSR count). The molecule has 6 aliphatic rings. The summed E-state index contributed by atoms with van der Waals surface area (Å²) in [6, 6.07) is 13.7. The van der Waals surface area contributed by atoms with Crippen molar-refractivity contribution in [3.05, 3.63) is 71.4 Å². The van der Waals surface area contributed by atoms with Crippen LogP contribution in [0, 0.1) is 23.6 Å². The van der Waals surface area contributed by atoms with Gasteiger partial charge in [0, 0.05) is 82.8 Å². The van der Waals surface area contributed by atoms with Crippen LogP contribution in [-0.2, 0) is 36.8 Å². The number of amides is 3. The van der Waals surface area contributed by atoms with E-state index in [1.54, 1.807) is 24.4 Å². The SMILES string of the molecule is CC1CCC(CN2CCC(c3ccc(N(C=O)C4CCC(=O)NC4=O)c(N(C)C)c3)CC2)CC1C.CC=O.CCc1nc(N2CCCC(O)C2)c2cnc(-c3cc(O)cc4ccc(F)c(CC)c34)c(P)c2n1.COCC1CCC2CCCN21. The maximum Gasteiger partial charge on any atom is 0.249 e. The van der Waals surface area contributed by atoms with E-state index >= 15 is 0 Å². The number of aliphatic hydroxyl groups excluding tert-OH is 1. The Hall–Kier alpha value is -5.71. The zero-order valence-corrected chi connectivity index (χ0v) is 51.6. The molecule has 1 saturated carbocycles. The third-order valence-corrected chi connectivity index (χ3v) is 18.9. The molecule has 0 radical (unpaired) electrons. The molecular weight excluding hydrogens is 1070 g/mol. The number of phenols is 1. The number of halogens is 1. The number of aromatic hydroxyl groups is 1. The third-order valence-electron chi connectivity index (χ3n) is 18.4. The van der Waals surface area contributed by atoms with Gasteiger partial charge in [-0.05, 0) is 180 Å². The highest BCUT2D eigenvalue weighted by Crippen LogP contribution is 2.40. The molecule has 2 aromatic heterocycles. The number of piperidine rings is 3. The second-order valence-corrected chi connectivity index (χ2v) is 24.7. The summed E-state index contributed by atoms with van der Waals surface area (Å²) in [6.07, 6.45) is 18.3. The highest BCUT2D eigenvalue weighted by molar-refractivity contribution is 7.28. The lowest BCUT2D eigenvalue weighted by Crippen LogP contribution is -2.52. The fourth-order valence-corrected chi connectivity index (χ4v) is 14.2. The first-order valence-electron chi connectivity index (χ1n) is 30.6. The maximum absolute atomic E-state index is 14.7. The van der Waals surface area contributed by atoms with E-state index in [0.717, 1.165) is 127 Å². The molecule has 5 aromatic rings. The molecule has 0 spiro atoms. The number of hydrogen-bond donors (Lipinski definition) is 3. The number of nitrogens with zero attached hydrogens (tertiary/aromatic N) is 8. The number of nitrogens with one attached hydrogen (secondary N) is 1. The van der Waals surface area contributed by atoms with Crippen LogP contribution in [0.25, 0.3) is 32.9 Å². The van der Waals surface area contributed by atoms with E-state index in [1.807, 2.05) is 46.0 Å². The molecule has 6 fully saturated rings. The molecule has 5 saturated heterocycles. The molecule has 16 nitrogen and oxygen atoms in total. The number of likely N-dealkylation sites (tertiary alicyclic amines) is 1. The lowest BCUT2D eigenvalue weighted by Gasteiger charge is -2.38. The summed E-state index contributed by atoms with van der Waals surface area (Å²) >= 11 is 0. The molecule has 450 valence electrons. The number of phenolic OH excluding ortho intramolecular Hbond substituents is 1. The van der Waals surface area contributed by atoms with Gasteiger partial charge < -0.3 is 39.3 Å². The van der Waals surface area contributed by atoms with E-state index in [2.05, 4.69) is 55.2 Å². The normalized spacial score (nSPS) is 23.9. The zero-order valence-electron chi connectivity index (χ0n) is 50.4. The number of methoxy groups -OCH3 is 1. The van der Waals surface area contributed by atoms with Crippen molar-refractivity contribution < 1.29 is 38.5 Å². The quantitative estimate of drug-likeness (QED) is 0.0575. The zero-order chi connectivity index (χ0) is 59.5. The number of fused-ring (bicyclic) bond motifs is 3. The largest absolute Gasteiger partial charge is 0.508 e. The van der Waals surface area contributed by atoms with Gasteiger partial charge >= 0.3 is 0 Å². The number of aliphatic hydroxyl groups is 1. The molecule has 83 heavy (non-hydrogen) atoms. The van der Waals surface area contributed by atoms with E-state index in [1.165, 1.54) is 81.5 Å². The van der Waals surface area contributed by atoms with Gasteiger partial charge in [-0.3, -0.25) is 29.6 Å². The molecule has 18 heteroatoms. The van der Waals surface area contributed by atoms with Crippen molar-refractivity contribution >= 4 is 77.9 Å². The van der Waals surface area contributed by atoms with E-state index in [0.29, 0.717) is 66.5 Å². The molecule has 0 bridgehead atoms. The average molecular weight is 1160 g/mol. The Morgan fingerprint density at radius 2 is 1.64 bits per heavy atom. The minimum Gasteiger partial charge on any atom is -0.508 e. The van der Waals surface area contributed by atoms with Crippen molar-refractivity contribution in [3.63, 3.8) is 0 Å². The minimum absolute atomic E-state index is 0.0994. The molecule has 3 aromatic carbocycles. The smallest absolute Gasteiger partial charge is 0.249 e. The van der Waals surface area contributed by atoms with Gasteiger partial charge in [-0.1, -0.05) is 46.2 Å². The molecule has 7 heterocycles. The third kappa shape index (κ3) is 15.0. The Morgan fingerprint density at radius 3 is 2.31 bits per heavy atom. The Labute approximate surface area is 493 Å². The number of benzene rings is 3. The Morgan fingerprint density at radius 1 is 0.880 bits per heavy atom.